The van der Waals surface area contributed by atoms with Crippen LogP contribution in [0.25, 0.3) is 0 Å². The number of hydrogen-bond donors (Lipinski definition) is 2. The van der Waals surface area contributed by atoms with Crippen molar-refractivity contribution in [3.05, 3.63) is 21.3 Å². The summed E-state index contributed by atoms with van der Waals surface area (Å²) in [6.45, 7) is 2.13. The molecule has 0 aliphatic heterocycles. The second kappa shape index (κ2) is 6.04. The fourth-order valence-electron chi connectivity index (χ4n) is 2.51. The van der Waals surface area contributed by atoms with Crippen LogP contribution in [0.15, 0.2) is 11.4 Å². The highest BCUT2D eigenvalue weighted by molar-refractivity contribution is 7.14. The standard InChI is InChI=1S/C13H18ClNO2S/c1-8(10-6-12(14)18-7-10)15-11-4-2-9(3-5-11)13(16)17/h6-9,11,15H,2-5H2,1H3,(H,16,17). The van der Waals surface area contributed by atoms with Crippen molar-refractivity contribution in [2.24, 2.45) is 5.92 Å². The lowest BCUT2D eigenvalue weighted by Crippen LogP contribution is -2.36. The van der Waals surface area contributed by atoms with Gasteiger partial charge in [0, 0.05) is 12.1 Å². The average Bonchev–Trinajstić information content (AvgIpc) is 2.76. The molecule has 0 spiro atoms. The molecule has 1 fully saturated rings. The molecule has 2 rings (SSSR count). The molecule has 1 atom stereocenters. The molecule has 0 bridgehead atoms. The van der Waals surface area contributed by atoms with Crippen molar-refractivity contribution in [3.8, 4) is 0 Å². The monoisotopic (exact) mass is 287 g/mol. The van der Waals surface area contributed by atoms with Crippen molar-refractivity contribution >= 4 is 28.9 Å². The van der Waals surface area contributed by atoms with Crippen LogP contribution in [0.4, 0.5) is 0 Å². The number of rotatable bonds is 4. The number of aliphatic carboxylic acids is 1. The summed E-state index contributed by atoms with van der Waals surface area (Å²) in [5.74, 6) is -0.792. The van der Waals surface area contributed by atoms with Gasteiger partial charge in [0.15, 0.2) is 0 Å². The van der Waals surface area contributed by atoms with E-state index in [-0.39, 0.29) is 12.0 Å². The van der Waals surface area contributed by atoms with Crippen molar-refractivity contribution in [1.82, 2.24) is 5.32 Å². The van der Waals surface area contributed by atoms with Gasteiger partial charge in [0.2, 0.25) is 0 Å². The van der Waals surface area contributed by atoms with E-state index in [1.165, 1.54) is 5.56 Å². The van der Waals surface area contributed by atoms with E-state index in [0.717, 1.165) is 30.0 Å². The van der Waals surface area contributed by atoms with Crippen LogP contribution < -0.4 is 5.32 Å². The first-order valence-corrected chi connectivity index (χ1v) is 7.55. The van der Waals surface area contributed by atoms with E-state index >= 15 is 0 Å². The predicted molar refractivity (Wildman–Crippen MR) is 74.3 cm³/mol. The summed E-state index contributed by atoms with van der Waals surface area (Å²) in [6.07, 6.45) is 3.45. The van der Waals surface area contributed by atoms with Crippen LogP contribution in [0, 0.1) is 5.92 Å². The van der Waals surface area contributed by atoms with Gasteiger partial charge < -0.3 is 10.4 Å². The highest BCUT2D eigenvalue weighted by atomic mass is 35.5. The Morgan fingerprint density at radius 2 is 2.17 bits per heavy atom. The van der Waals surface area contributed by atoms with Crippen LogP contribution in [0.5, 0.6) is 0 Å². The van der Waals surface area contributed by atoms with Gasteiger partial charge in [-0.1, -0.05) is 11.6 Å². The highest BCUT2D eigenvalue weighted by Gasteiger charge is 2.26. The number of carboxylic acid groups (broad SMARTS) is 1. The van der Waals surface area contributed by atoms with Gasteiger partial charge in [-0.05, 0) is 49.6 Å². The normalized spacial score (nSPS) is 25.9. The van der Waals surface area contributed by atoms with E-state index in [1.54, 1.807) is 11.3 Å². The number of nitrogens with one attached hydrogen (secondary N) is 1. The van der Waals surface area contributed by atoms with Crippen LogP contribution >= 0.6 is 22.9 Å². The fraction of sp³-hybridized carbons (Fsp3) is 0.615. The third-order valence-electron chi connectivity index (χ3n) is 3.65. The molecule has 1 aromatic heterocycles. The van der Waals surface area contributed by atoms with Crippen LogP contribution in [0.1, 0.15) is 44.2 Å². The van der Waals surface area contributed by atoms with Crippen LogP contribution in [0.2, 0.25) is 4.34 Å². The third-order valence-corrected chi connectivity index (χ3v) is 4.76. The smallest absolute Gasteiger partial charge is 0.306 e. The molecular weight excluding hydrogens is 270 g/mol. The Labute approximate surface area is 116 Å². The minimum absolute atomic E-state index is 0.144. The molecule has 5 heteroatoms. The SMILES string of the molecule is CC(NC1CCC(C(=O)O)CC1)c1csc(Cl)c1. The molecule has 1 saturated carbocycles. The summed E-state index contributed by atoms with van der Waals surface area (Å²) < 4.78 is 0.813. The van der Waals surface area contributed by atoms with Crippen LogP contribution in [-0.2, 0) is 4.79 Å². The number of thiophene rings is 1. The summed E-state index contributed by atoms with van der Waals surface area (Å²) in [7, 11) is 0. The molecule has 0 radical (unpaired) electrons. The average molecular weight is 288 g/mol. The van der Waals surface area contributed by atoms with Gasteiger partial charge in [-0.3, -0.25) is 4.79 Å². The topological polar surface area (TPSA) is 49.3 Å². The lowest BCUT2D eigenvalue weighted by Gasteiger charge is -2.29. The molecule has 1 aromatic rings. The molecule has 1 aliphatic rings. The Morgan fingerprint density at radius 3 is 2.67 bits per heavy atom. The van der Waals surface area contributed by atoms with Gasteiger partial charge in [0.05, 0.1) is 10.3 Å². The van der Waals surface area contributed by atoms with Gasteiger partial charge in [0.25, 0.3) is 0 Å². The summed E-state index contributed by atoms with van der Waals surface area (Å²) in [5, 5.41) is 14.6. The number of carbonyl (C=O) groups is 1. The van der Waals surface area contributed by atoms with Crippen LogP contribution in [-0.4, -0.2) is 17.1 Å². The Kier molecular flexibility index (Phi) is 4.65. The summed E-state index contributed by atoms with van der Waals surface area (Å²) in [5.41, 5.74) is 1.21. The molecule has 0 aromatic carbocycles. The fourth-order valence-corrected chi connectivity index (χ4v) is 3.49. The van der Waals surface area contributed by atoms with E-state index < -0.39 is 5.97 Å². The van der Waals surface area contributed by atoms with Gasteiger partial charge >= 0.3 is 5.97 Å². The molecule has 18 heavy (non-hydrogen) atoms. The number of carboxylic acids is 1. The first kappa shape index (κ1) is 13.8. The molecular formula is C13H18ClNO2S. The molecule has 0 saturated heterocycles. The maximum atomic E-state index is 10.9. The van der Waals surface area contributed by atoms with Gasteiger partial charge in [-0.25, -0.2) is 0 Å². The molecule has 2 N–H and O–H groups in total. The van der Waals surface area contributed by atoms with Crippen molar-refractivity contribution in [2.75, 3.05) is 0 Å². The van der Waals surface area contributed by atoms with Crippen molar-refractivity contribution < 1.29 is 9.90 Å². The van der Waals surface area contributed by atoms with Crippen molar-refractivity contribution in [2.45, 2.75) is 44.7 Å². The summed E-state index contributed by atoms with van der Waals surface area (Å²) in [6, 6.07) is 2.70. The second-order valence-electron chi connectivity index (χ2n) is 4.96. The van der Waals surface area contributed by atoms with Gasteiger partial charge in [0.1, 0.15) is 0 Å². The Bertz CT molecular complexity index is 413. The van der Waals surface area contributed by atoms with Crippen molar-refractivity contribution in [3.63, 3.8) is 0 Å². The van der Waals surface area contributed by atoms with Crippen LogP contribution in [0.3, 0.4) is 0 Å². The molecule has 100 valence electrons. The lowest BCUT2D eigenvalue weighted by atomic mass is 9.86. The quantitative estimate of drug-likeness (QED) is 0.888. The molecule has 1 aliphatic carbocycles. The zero-order chi connectivity index (χ0) is 13.1. The predicted octanol–water partition coefficient (Wildman–Crippen LogP) is 3.70. The first-order valence-electron chi connectivity index (χ1n) is 6.29. The second-order valence-corrected chi connectivity index (χ2v) is 6.50. The van der Waals surface area contributed by atoms with Crippen molar-refractivity contribution in [1.29, 1.82) is 0 Å². The zero-order valence-electron chi connectivity index (χ0n) is 10.4. The number of halogens is 1. The Balaban J connectivity index is 1.83. The molecule has 0 amide bonds. The largest absolute Gasteiger partial charge is 0.481 e. The van der Waals surface area contributed by atoms with Gasteiger partial charge in [-0.2, -0.15) is 0 Å². The lowest BCUT2D eigenvalue weighted by molar-refractivity contribution is -0.142. The molecule has 1 heterocycles. The maximum absolute atomic E-state index is 10.9. The van der Waals surface area contributed by atoms with E-state index in [0.29, 0.717) is 6.04 Å². The number of hydrogen-bond acceptors (Lipinski definition) is 3. The summed E-state index contributed by atoms with van der Waals surface area (Å²) >= 11 is 7.47. The Morgan fingerprint density at radius 1 is 1.50 bits per heavy atom. The van der Waals surface area contributed by atoms with Gasteiger partial charge in [-0.15, -0.1) is 11.3 Å². The molecule has 1 unspecified atom stereocenters. The minimum atomic E-state index is -0.647. The van der Waals surface area contributed by atoms with E-state index in [9.17, 15) is 4.79 Å². The minimum Gasteiger partial charge on any atom is -0.481 e. The highest BCUT2D eigenvalue weighted by Crippen LogP contribution is 2.28. The summed E-state index contributed by atoms with van der Waals surface area (Å²) in [4.78, 5) is 10.9. The Hall–Kier alpha value is -0.580. The maximum Gasteiger partial charge on any atom is 0.306 e. The zero-order valence-corrected chi connectivity index (χ0v) is 11.9. The van der Waals surface area contributed by atoms with E-state index in [1.807, 2.05) is 6.07 Å². The van der Waals surface area contributed by atoms with E-state index in [4.69, 9.17) is 16.7 Å². The van der Waals surface area contributed by atoms with E-state index in [2.05, 4.69) is 17.6 Å². The first-order chi connectivity index (χ1) is 8.56. The third kappa shape index (κ3) is 3.46. The molecule has 3 nitrogen and oxygen atoms in total.